The van der Waals surface area contributed by atoms with Crippen LogP contribution >= 0.6 is 15.9 Å². The second-order valence-corrected chi connectivity index (χ2v) is 4.29. The maximum Gasteiger partial charge on any atom is 0.112 e. The Kier molecular flexibility index (Phi) is 3.07. The molecule has 1 heterocycles. The largest absolute Gasteiger partial charge is 0.304 e. The summed E-state index contributed by atoms with van der Waals surface area (Å²) in [6, 6.07) is 7.77. The second-order valence-electron chi connectivity index (χ2n) is 3.38. The molecule has 0 unspecified atom stereocenters. The van der Waals surface area contributed by atoms with Gasteiger partial charge in [0, 0.05) is 29.0 Å². The number of aromatic nitrogens is 2. The first kappa shape index (κ1) is 10.9. The molecule has 0 spiro atoms. The van der Waals surface area contributed by atoms with Crippen molar-refractivity contribution in [2.24, 2.45) is 0 Å². The Bertz CT molecular complexity index is 552. The molecule has 1 aromatic heterocycles. The van der Waals surface area contributed by atoms with E-state index in [-0.39, 0.29) is 0 Å². The highest BCUT2D eigenvalue weighted by atomic mass is 79.9. The fourth-order valence-corrected chi connectivity index (χ4v) is 2.09. The molecule has 16 heavy (non-hydrogen) atoms. The first-order valence-electron chi connectivity index (χ1n) is 4.98. The average Bonchev–Trinajstić information content (AvgIpc) is 2.76. The van der Waals surface area contributed by atoms with Gasteiger partial charge < -0.3 is 4.57 Å². The van der Waals surface area contributed by atoms with E-state index in [0.29, 0.717) is 5.56 Å². The van der Waals surface area contributed by atoms with Crippen LogP contribution in [0, 0.1) is 11.3 Å². The number of rotatable bonds is 2. The molecule has 0 aliphatic rings. The minimum absolute atomic E-state index is 0.639. The average molecular weight is 276 g/mol. The Labute approximate surface area is 102 Å². The van der Waals surface area contributed by atoms with Crippen LogP contribution in [0.1, 0.15) is 18.3 Å². The van der Waals surface area contributed by atoms with Crippen molar-refractivity contribution in [3.63, 3.8) is 0 Å². The van der Waals surface area contributed by atoms with Crippen LogP contribution in [-0.2, 0) is 6.42 Å². The van der Waals surface area contributed by atoms with E-state index in [1.807, 2.05) is 22.9 Å². The molecule has 0 N–H and O–H groups in total. The van der Waals surface area contributed by atoms with Gasteiger partial charge in [-0.25, -0.2) is 4.98 Å². The van der Waals surface area contributed by atoms with Gasteiger partial charge in [-0.05, 0) is 18.2 Å². The molecule has 4 heteroatoms. The topological polar surface area (TPSA) is 41.6 Å². The summed E-state index contributed by atoms with van der Waals surface area (Å²) in [7, 11) is 0. The van der Waals surface area contributed by atoms with E-state index in [0.717, 1.165) is 22.4 Å². The smallest absolute Gasteiger partial charge is 0.112 e. The number of aryl methyl sites for hydroxylation is 1. The maximum atomic E-state index is 8.91. The third-order valence-electron chi connectivity index (χ3n) is 2.32. The van der Waals surface area contributed by atoms with Gasteiger partial charge in [0.2, 0.25) is 0 Å². The third kappa shape index (κ3) is 2.00. The van der Waals surface area contributed by atoms with Crippen molar-refractivity contribution in [3.05, 3.63) is 46.5 Å². The van der Waals surface area contributed by atoms with E-state index >= 15 is 0 Å². The van der Waals surface area contributed by atoms with Crippen LogP contribution in [0.25, 0.3) is 5.69 Å². The minimum Gasteiger partial charge on any atom is -0.304 e. The number of imidazole rings is 1. The summed E-state index contributed by atoms with van der Waals surface area (Å²) < 4.78 is 2.89. The molecule has 0 aliphatic carbocycles. The van der Waals surface area contributed by atoms with Crippen molar-refractivity contribution in [1.82, 2.24) is 9.55 Å². The Morgan fingerprint density at radius 2 is 2.25 bits per heavy atom. The van der Waals surface area contributed by atoms with Crippen LogP contribution in [-0.4, -0.2) is 9.55 Å². The van der Waals surface area contributed by atoms with Gasteiger partial charge in [0.1, 0.15) is 5.82 Å². The fourth-order valence-electron chi connectivity index (χ4n) is 1.61. The number of benzene rings is 1. The zero-order valence-corrected chi connectivity index (χ0v) is 10.4. The van der Waals surface area contributed by atoms with E-state index in [9.17, 15) is 0 Å². The summed E-state index contributed by atoms with van der Waals surface area (Å²) in [6.45, 7) is 2.06. The van der Waals surface area contributed by atoms with Gasteiger partial charge in [-0.3, -0.25) is 0 Å². The van der Waals surface area contributed by atoms with E-state index < -0.39 is 0 Å². The molecular weight excluding hydrogens is 266 g/mol. The summed E-state index contributed by atoms with van der Waals surface area (Å²) >= 11 is 3.40. The molecular formula is C12H10BrN3. The van der Waals surface area contributed by atoms with Crippen LogP contribution in [0.5, 0.6) is 0 Å². The standard InChI is InChI=1S/C12H10BrN3/c1-2-12-15-3-4-16(12)11-6-9(8-14)5-10(13)7-11/h3-7H,2H2,1H3. The molecule has 1 aromatic carbocycles. The van der Waals surface area contributed by atoms with Gasteiger partial charge in [0.05, 0.1) is 11.6 Å². The summed E-state index contributed by atoms with van der Waals surface area (Å²) in [5, 5.41) is 8.91. The summed E-state index contributed by atoms with van der Waals surface area (Å²) in [6.07, 6.45) is 4.54. The van der Waals surface area contributed by atoms with Crippen molar-refractivity contribution < 1.29 is 0 Å². The number of nitrogens with zero attached hydrogens (tertiary/aromatic N) is 3. The maximum absolute atomic E-state index is 8.91. The first-order valence-corrected chi connectivity index (χ1v) is 5.77. The van der Waals surface area contributed by atoms with Crippen molar-refractivity contribution in [2.45, 2.75) is 13.3 Å². The lowest BCUT2D eigenvalue weighted by Gasteiger charge is -2.07. The Balaban J connectivity index is 2.56. The number of hydrogen-bond acceptors (Lipinski definition) is 2. The van der Waals surface area contributed by atoms with Crippen molar-refractivity contribution in [2.75, 3.05) is 0 Å². The van der Waals surface area contributed by atoms with Gasteiger partial charge in [-0.2, -0.15) is 5.26 Å². The normalized spacial score (nSPS) is 10.1. The highest BCUT2D eigenvalue weighted by molar-refractivity contribution is 9.10. The SMILES string of the molecule is CCc1nccn1-c1cc(Br)cc(C#N)c1. The van der Waals surface area contributed by atoms with Crippen LogP contribution in [0.15, 0.2) is 35.1 Å². The van der Waals surface area contributed by atoms with Crippen molar-refractivity contribution in [3.8, 4) is 11.8 Å². The molecule has 2 rings (SSSR count). The van der Waals surface area contributed by atoms with Crippen LogP contribution in [0.4, 0.5) is 0 Å². The Hall–Kier alpha value is -1.60. The summed E-state index contributed by atoms with van der Waals surface area (Å²) in [5.74, 6) is 0.988. The predicted molar refractivity (Wildman–Crippen MR) is 65.4 cm³/mol. The molecule has 3 nitrogen and oxygen atoms in total. The lowest BCUT2D eigenvalue weighted by atomic mass is 10.2. The fraction of sp³-hybridized carbons (Fsp3) is 0.167. The van der Waals surface area contributed by atoms with E-state index in [1.54, 1.807) is 12.3 Å². The molecule has 0 bridgehead atoms. The second kappa shape index (κ2) is 4.50. The molecule has 0 fully saturated rings. The Morgan fingerprint density at radius 1 is 1.44 bits per heavy atom. The lowest BCUT2D eigenvalue weighted by molar-refractivity contribution is 0.890. The van der Waals surface area contributed by atoms with E-state index in [2.05, 4.69) is 33.9 Å². The van der Waals surface area contributed by atoms with Crippen LogP contribution in [0.3, 0.4) is 0 Å². The molecule has 0 saturated heterocycles. The molecule has 80 valence electrons. The van der Waals surface area contributed by atoms with Gasteiger partial charge in [-0.15, -0.1) is 0 Å². The molecule has 2 aromatic rings. The monoisotopic (exact) mass is 275 g/mol. The van der Waals surface area contributed by atoms with Gasteiger partial charge in [0.15, 0.2) is 0 Å². The van der Waals surface area contributed by atoms with Gasteiger partial charge >= 0.3 is 0 Å². The zero-order valence-electron chi connectivity index (χ0n) is 8.81. The lowest BCUT2D eigenvalue weighted by Crippen LogP contribution is -1.99. The van der Waals surface area contributed by atoms with Gasteiger partial charge in [0.25, 0.3) is 0 Å². The first-order chi connectivity index (χ1) is 7.74. The highest BCUT2D eigenvalue weighted by Crippen LogP contribution is 2.19. The van der Waals surface area contributed by atoms with Crippen LogP contribution in [0.2, 0.25) is 0 Å². The highest BCUT2D eigenvalue weighted by Gasteiger charge is 2.05. The zero-order chi connectivity index (χ0) is 11.5. The number of halogens is 1. The molecule has 0 aliphatic heterocycles. The van der Waals surface area contributed by atoms with Crippen LogP contribution < -0.4 is 0 Å². The minimum atomic E-state index is 0.639. The molecule has 0 saturated carbocycles. The third-order valence-corrected chi connectivity index (χ3v) is 2.78. The number of nitriles is 1. The predicted octanol–water partition coefficient (Wildman–Crippen LogP) is 3.07. The van der Waals surface area contributed by atoms with Crippen molar-refractivity contribution >= 4 is 15.9 Å². The van der Waals surface area contributed by atoms with Gasteiger partial charge in [-0.1, -0.05) is 22.9 Å². The van der Waals surface area contributed by atoms with E-state index in [4.69, 9.17) is 5.26 Å². The molecule has 0 amide bonds. The van der Waals surface area contributed by atoms with Crippen molar-refractivity contribution in [1.29, 1.82) is 5.26 Å². The quantitative estimate of drug-likeness (QED) is 0.845. The molecule has 0 radical (unpaired) electrons. The summed E-state index contributed by atoms with van der Waals surface area (Å²) in [5.41, 5.74) is 1.60. The summed E-state index contributed by atoms with van der Waals surface area (Å²) in [4.78, 5) is 4.26. The Morgan fingerprint density at radius 3 is 2.94 bits per heavy atom. The van der Waals surface area contributed by atoms with E-state index in [1.165, 1.54) is 0 Å². The molecule has 0 atom stereocenters. The number of hydrogen-bond donors (Lipinski definition) is 0.